The fourth-order valence-corrected chi connectivity index (χ4v) is 3.58. The molecule has 0 bridgehead atoms. The summed E-state index contributed by atoms with van der Waals surface area (Å²) in [6.45, 7) is 0.164. The van der Waals surface area contributed by atoms with E-state index < -0.39 is 10.0 Å². The lowest BCUT2D eigenvalue weighted by molar-refractivity contribution is -0.119. The van der Waals surface area contributed by atoms with E-state index >= 15 is 0 Å². The van der Waals surface area contributed by atoms with E-state index in [0.717, 1.165) is 23.4 Å². The van der Waals surface area contributed by atoms with E-state index in [1.54, 1.807) is 12.1 Å². The average molecular weight is 407 g/mol. The van der Waals surface area contributed by atoms with Crippen LogP contribution in [-0.2, 0) is 21.2 Å². The van der Waals surface area contributed by atoms with Gasteiger partial charge in [0.25, 0.3) is 0 Å². The molecule has 2 aromatic carbocycles. The Labute approximate surface area is 166 Å². The molecule has 2 aromatic rings. The van der Waals surface area contributed by atoms with Crippen LogP contribution in [0, 0.1) is 0 Å². The third kappa shape index (κ3) is 6.16. The van der Waals surface area contributed by atoms with Crippen LogP contribution in [0.5, 0.6) is 11.5 Å². The van der Waals surface area contributed by atoms with E-state index in [4.69, 9.17) is 9.47 Å². The number of anilines is 1. The molecule has 8 heteroatoms. The maximum atomic E-state index is 12.3. The highest BCUT2D eigenvalue weighted by molar-refractivity contribution is 7.92. The molecule has 2 rings (SSSR count). The van der Waals surface area contributed by atoms with Crippen LogP contribution in [0.25, 0.3) is 0 Å². The lowest BCUT2D eigenvalue weighted by Crippen LogP contribution is -2.40. The molecule has 1 amide bonds. The third-order valence-corrected chi connectivity index (χ3v) is 5.29. The second kappa shape index (κ2) is 9.98. The van der Waals surface area contributed by atoms with E-state index in [1.807, 2.05) is 30.3 Å². The van der Waals surface area contributed by atoms with Crippen LogP contribution >= 0.6 is 0 Å². The van der Waals surface area contributed by atoms with Gasteiger partial charge in [-0.3, -0.25) is 9.10 Å². The molecular weight excluding hydrogens is 380 g/mol. The summed E-state index contributed by atoms with van der Waals surface area (Å²) in [6, 6.07) is 14.7. The molecule has 28 heavy (non-hydrogen) atoms. The summed E-state index contributed by atoms with van der Waals surface area (Å²) in [5.41, 5.74) is 1.53. The highest BCUT2D eigenvalue weighted by Gasteiger charge is 2.22. The summed E-state index contributed by atoms with van der Waals surface area (Å²) < 4.78 is 35.9. The lowest BCUT2D eigenvalue weighted by Gasteiger charge is -2.23. The number of nitrogens with one attached hydrogen (secondary N) is 1. The van der Waals surface area contributed by atoms with Crippen molar-refractivity contribution in [1.82, 2.24) is 5.32 Å². The Morgan fingerprint density at radius 2 is 1.71 bits per heavy atom. The molecule has 0 heterocycles. The smallest absolute Gasteiger partial charge is 0.240 e. The molecule has 0 radical (unpaired) electrons. The summed E-state index contributed by atoms with van der Waals surface area (Å²) >= 11 is 0. The zero-order valence-electron chi connectivity index (χ0n) is 16.3. The number of aryl methyl sites for hydroxylation is 1. The summed E-state index contributed by atoms with van der Waals surface area (Å²) in [5, 5.41) is 2.78. The van der Waals surface area contributed by atoms with Gasteiger partial charge >= 0.3 is 0 Å². The normalized spacial score (nSPS) is 11.0. The minimum atomic E-state index is -3.66. The van der Waals surface area contributed by atoms with Gasteiger partial charge in [-0.2, -0.15) is 0 Å². The number of rotatable bonds is 10. The molecule has 0 saturated carbocycles. The summed E-state index contributed by atoms with van der Waals surface area (Å²) in [7, 11) is -0.696. The minimum Gasteiger partial charge on any atom is -0.493 e. The van der Waals surface area contributed by atoms with Crippen molar-refractivity contribution in [3.63, 3.8) is 0 Å². The van der Waals surface area contributed by atoms with E-state index in [9.17, 15) is 13.2 Å². The zero-order valence-corrected chi connectivity index (χ0v) is 17.2. The molecule has 0 atom stereocenters. The van der Waals surface area contributed by atoms with Crippen molar-refractivity contribution in [3.8, 4) is 11.5 Å². The van der Waals surface area contributed by atoms with Crippen LogP contribution in [-0.4, -0.2) is 47.9 Å². The SMILES string of the molecule is COc1ccc(N(CC(=O)NCCCc2ccccc2)S(C)(=O)=O)cc1OC. The Hall–Kier alpha value is -2.74. The zero-order chi connectivity index (χ0) is 20.6. The number of carbonyl (C=O) groups is 1. The Kier molecular flexibility index (Phi) is 7.69. The molecular formula is C20H26N2O5S. The Balaban J connectivity index is 1.99. The number of sulfonamides is 1. The fraction of sp³-hybridized carbons (Fsp3) is 0.350. The van der Waals surface area contributed by atoms with Crippen molar-refractivity contribution in [3.05, 3.63) is 54.1 Å². The second-order valence-corrected chi connectivity index (χ2v) is 8.15. The van der Waals surface area contributed by atoms with Gasteiger partial charge in [-0.1, -0.05) is 30.3 Å². The number of hydrogen-bond acceptors (Lipinski definition) is 5. The molecule has 0 saturated heterocycles. The number of methoxy groups -OCH3 is 2. The summed E-state index contributed by atoms with van der Waals surface area (Å²) in [6.07, 6.45) is 2.67. The van der Waals surface area contributed by atoms with E-state index in [0.29, 0.717) is 23.7 Å². The van der Waals surface area contributed by atoms with E-state index in [2.05, 4.69) is 5.32 Å². The second-order valence-electron chi connectivity index (χ2n) is 6.25. The highest BCUT2D eigenvalue weighted by Crippen LogP contribution is 2.32. The lowest BCUT2D eigenvalue weighted by atomic mass is 10.1. The van der Waals surface area contributed by atoms with Gasteiger partial charge in [-0.25, -0.2) is 8.42 Å². The molecule has 1 N–H and O–H groups in total. The number of amides is 1. The van der Waals surface area contributed by atoms with Crippen molar-refractivity contribution in [2.45, 2.75) is 12.8 Å². The fourth-order valence-electron chi connectivity index (χ4n) is 2.73. The predicted molar refractivity (Wildman–Crippen MR) is 110 cm³/mol. The van der Waals surface area contributed by atoms with Crippen molar-refractivity contribution in [2.24, 2.45) is 0 Å². The van der Waals surface area contributed by atoms with Gasteiger partial charge < -0.3 is 14.8 Å². The van der Waals surface area contributed by atoms with E-state index in [-0.39, 0.29) is 12.5 Å². The monoisotopic (exact) mass is 406 g/mol. The Morgan fingerprint density at radius 1 is 1.04 bits per heavy atom. The maximum Gasteiger partial charge on any atom is 0.240 e. The van der Waals surface area contributed by atoms with Crippen LogP contribution in [0.3, 0.4) is 0 Å². The van der Waals surface area contributed by atoms with Crippen LogP contribution in [0.2, 0.25) is 0 Å². The molecule has 0 spiro atoms. The predicted octanol–water partition coefficient (Wildman–Crippen LogP) is 2.22. The highest BCUT2D eigenvalue weighted by atomic mass is 32.2. The first-order valence-corrected chi connectivity index (χ1v) is 10.7. The number of hydrogen-bond donors (Lipinski definition) is 1. The molecule has 0 aliphatic heterocycles. The van der Waals surface area contributed by atoms with Gasteiger partial charge in [0.05, 0.1) is 26.2 Å². The van der Waals surface area contributed by atoms with Crippen LogP contribution in [0.4, 0.5) is 5.69 Å². The van der Waals surface area contributed by atoms with Crippen molar-refractivity contribution in [2.75, 3.05) is 37.9 Å². The number of benzene rings is 2. The molecule has 7 nitrogen and oxygen atoms in total. The van der Waals surface area contributed by atoms with E-state index in [1.165, 1.54) is 25.8 Å². The average Bonchev–Trinajstić information content (AvgIpc) is 2.69. The largest absolute Gasteiger partial charge is 0.493 e. The molecule has 0 aliphatic rings. The third-order valence-electron chi connectivity index (χ3n) is 4.15. The van der Waals surface area contributed by atoms with Gasteiger partial charge in [0, 0.05) is 12.6 Å². The van der Waals surface area contributed by atoms with Crippen LogP contribution < -0.4 is 19.1 Å². The van der Waals surface area contributed by atoms with Gasteiger partial charge in [0.15, 0.2) is 11.5 Å². The number of carbonyl (C=O) groups excluding carboxylic acids is 1. The standard InChI is InChI=1S/C20H26N2O5S/c1-26-18-12-11-17(14-19(18)27-2)22(28(3,24)25)15-20(23)21-13-7-10-16-8-5-4-6-9-16/h4-6,8-9,11-12,14H,7,10,13,15H2,1-3H3,(H,21,23). The van der Waals surface area contributed by atoms with Gasteiger partial charge in [0.2, 0.25) is 15.9 Å². The Morgan fingerprint density at radius 3 is 2.32 bits per heavy atom. The Bertz CT molecular complexity index is 885. The van der Waals surface area contributed by atoms with Gasteiger partial charge in [0.1, 0.15) is 6.54 Å². The molecule has 0 unspecified atom stereocenters. The molecule has 0 fully saturated rings. The van der Waals surface area contributed by atoms with Crippen molar-refractivity contribution in [1.29, 1.82) is 0 Å². The molecule has 0 aromatic heterocycles. The summed E-state index contributed by atoms with van der Waals surface area (Å²) in [5.74, 6) is 0.496. The molecule has 0 aliphatic carbocycles. The number of nitrogens with zero attached hydrogens (tertiary/aromatic N) is 1. The first-order chi connectivity index (χ1) is 13.3. The van der Waals surface area contributed by atoms with Crippen molar-refractivity contribution >= 4 is 21.6 Å². The topological polar surface area (TPSA) is 84.9 Å². The van der Waals surface area contributed by atoms with Crippen LogP contribution in [0.1, 0.15) is 12.0 Å². The van der Waals surface area contributed by atoms with Crippen molar-refractivity contribution < 1.29 is 22.7 Å². The molecule has 152 valence electrons. The van der Waals surface area contributed by atoms with Gasteiger partial charge in [-0.05, 0) is 30.5 Å². The maximum absolute atomic E-state index is 12.3. The minimum absolute atomic E-state index is 0.306. The first kappa shape index (κ1) is 21.6. The van der Waals surface area contributed by atoms with Crippen LogP contribution in [0.15, 0.2) is 48.5 Å². The number of ether oxygens (including phenoxy) is 2. The van der Waals surface area contributed by atoms with Gasteiger partial charge in [-0.15, -0.1) is 0 Å². The first-order valence-electron chi connectivity index (χ1n) is 8.85. The quantitative estimate of drug-likeness (QED) is 0.612. The summed E-state index contributed by atoms with van der Waals surface area (Å²) in [4.78, 5) is 12.3.